The van der Waals surface area contributed by atoms with Crippen molar-refractivity contribution in [2.45, 2.75) is 32.6 Å². The van der Waals surface area contributed by atoms with E-state index in [0.29, 0.717) is 6.54 Å². The molecule has 0 atom stereocenters. The first-order valence-corrected chi connectivity index (χ1v) is 7.28. The Morgan fingerprint density at radius 1 is 1.52 bits per heavy atom. The van der Waals surface area contributed by atoms with Crippen molar-refractivity contribution in [2.24, 2.45) is 5.41 Å². The van der Waals surface area contributed by atoms with Crippen LogP contribution in [0.2, 0.25) is 5.02 Å². The molecule has 0 radical (unpaired) electrons. The lowest BCUT2D eigenvalue weighted by atomic mass is 10.0. The molecule has 0 spiro atoms. The fraction of sp³-hybridized carbons (Fsp3) is 0.500. The second-order valence-electron chi connectivity index (χ2n) is 5.58. The molecule has 6 nitrogen and oxygen atoms in total. The summed E-state index contributed by atoms with van der Waals surface area (Å²) in [7, 11) is 0. The fourth-order valence-electron chi connectivity index (χ4n) is 2.48. The van der Waals surface area contributed by atoms with Crippen LogP contribution in [-0.2, 0) is 0 Å². The Balaban J connectivity index is 2.11. The van der Waals surface area contributed by atoms with Crippen molar-refractivity contribution < 1.29 is 9.72 Å². The van der Waals surface area contributed by atoms with Crippen LogP contribution in [0.3, 0.4) is 0 Å². The summed E-state index contributed by atoms with van der Waals surface area (Å²) in [6, 6.07) is 2.52. The number of halogens is 1. The van der Waals surface area contributed by atoms with Crippen LogP contribution in [0.15, 0.2) is 12.1 Å². The van der Waals surface area contributed by atoms with E-state index in [1.165, 1.54) is 6.07 Å². The zero-order chi connectivity index (χ0) is 15.6. The van der Waals surface area contributed by atoms with Gasteiger partial charge in [-0.3, -0.25) is 14.9 Å². The van der Waals surface area contributed by atoms with E-state index in [9.17, 15) is 14.9 Å². The van der Waals surface area contributed by atoms with Gasteiger partial charge in [-0.1, -0.05) is 24.9 Å². The van der Waals surface area contributed by atoms with Gasteiger partial charge < -0.3 is 11.1 Å². The van der Waals surface area contributed by atoms with Gasteiger partial charge in [0, 0.05) is 18.2 Å². The quantitative estimate of drug-likeness (QED) is 0.479. The highest BCUT2D eigenvalue weighted by Crippen LogP contribution is 2.49. The molecule has 1 aromatic rings. The lowest BCUT2D eigenvalue weighted by molar-refractivity contribution is -0.383. The Morgan fingerprint density at radius 3 is 2.71 bits per heavy atom. The first-order valence-electron chi connectivity index (χ1n) is 6.90. The van der Waals surface area contributed by atoms with Gasteiger partial charge in [0.05, 0.1) is 9.95 Å². The number of rotatable bonds is 6. The number of amides is 1. The molecule has 21 heavy (non-hydrogen) atoms. The molecule has 7 heteroatoms. The number of nitro groups is 1. The predicted molar refractivity (Wildman–Crippen MR) is 81.4 cm³/mol. The van der Waals surface area contributed by atoms with Crippen LogP contribution in [0.5, 0.6) is 0 Å². The summed E-state index contributed by atoms with van der Waals surface area (Å²) in [6.07, 6.45) is 4.39. The van der Waals surface area contributed by atoms with Gasteiger partial charge in [-0.25, -0.2) is 0 Å². The Hall–Kier alpha value is -1.82. The number of anilines is 1. The summed E-state index contributed by atoms with van der Waals surface area (Å²) in [5, 5.41) is 13.8. The SMILES string of the molecule is CCCC1(CNC(=O)c2cc(Cl)c(N)c([N+](=O)[O-])c2)CC1. The number of benzene rings is 1. The van der Waals surface area contributed by atoms with E-state index in [4.69, 9.17) is 17.3 Å². The second kappa shape index (κ2) is 5.89. The van der Waals surface area contributed by atoms with Crippen LogP contribution in [0.1, 0.15) is 43.0 Å². The van der Waals surface area contributed by atoms with Gasteiger partial charge in [0.25, 0.3) is 11.6 Å². The Bertz CT molecular complexity index is 585. The molecule has 2 rings (SSSR count). The third-order valence-corrected chi connectivity index (χ3v) is 4.24. The summed E-state index contributed by atoms with van der Waals surface area (Å²) in [4.78, 5) is 22.4. The minimum absolute atomic E-state index is 0.0176. The topological polar surface area (TPSA) is 98.3 Å². The Morgan fingerprint density at radius 2 is 2.19 bits per heavy atom. The lowest BCUT2D eigenvalue weighted by Gasteiger charge is -2.15. The molecular formula is C14H18ClN3O3. The number of nitrogens with two attached hydrogens (primary N) is 1. The summed E-state index contributed by atoms with van der Waals surface area (Å²) < 4.78 is 0. The van der Waals surface area contributed by atoms with Crippen molar-refractivity contribution in [1.29, 1.82) is 0 Å². The van der Waals surface area contributed by atoms with E-state index in [1.54, 1.807) is 0 Å². The number of nitrogens with one attached hydrogen (secondary N) is 1. The molecule has 1 fully saturated rings. The Kier molecular flexibility index (Phi) is 4.37. The average molecular weight is 312 g/mol. The summed E-state index contributed by atoms with van der Waals surface area (Å²) in [6.45, 7) is 2.71. The van der Waals surface area contributed by atoms with Crippen molar-refractivity contribution in [3.8, 4) is 0 Å². The van der Waals surface area contributed by atoms with Gasteiger partial charge in [-0.2, -0.15) is 0 Å². The van der Waals surface area contributed by atoms with Gasteiger partial charge in [0.15, 0.2) is 0 Å². The van der Waals surface area contributed by atoms with Crippen molar-refractivity contribution in [3.63, 3.8) is 0 Å². The molecule has 1 aliphatic carbocycles. The van der Waals surface area contributed by atoms with Gasteiger partial charge in [-0.05, 0) is 30.7 Å². The maximum absolute atomic E-state index is 12.1. The van der Waals surface area contributed by atoms with Gasteiger partial charge in [-0.15, -0.1) is 0 Å². The summed E-state index contributed by atoms with van der Waals surface area (Å²) >= 11 is 5.85. The van der Waals surface area contributed by atoms with Gasteiger partial charge in [0.2, 0.25) is 0 Å². The number of hydrogen-bond donors (Lipinski definition) is 2. The highest BCUT2D eigenvalue weighted by atomic mass is 35.5. The monoisotopic (exact) mass is 311 g/mol. The molecule has 1 aliphatic rings. The largest absolute Gasteiger partial charge is 0.392 e. The minimum atomic E-state index is -0.641. The summed E-state index contributed by atoms with van der Waals surface area (Å²) in [5.41, 5.74) is 5.45. The number of carbonyl (C=O) groups is 1. The molecule has 114 valence electrons. The number of carbonyl (C=O) groups excluding carboxylic acids is 1. The average Bonchev–Trinajstić information content (AvgIpc) is 3.19. The standard InChI is InChI=1S/C14H18ClN3O3/c1-2-3-14(4-5-14)8-17-13(19)9-6-10(15)12(16)11(7-9)18(20)21/h6-7H,2-5,8,16H2,1H3,(H,17,19). The van der Waals surface area contributed by atoms with Crippen molar-refractivity contribution >= 4 is 28.9 Å². The zero-order valence-corrected chi connectivity index (χ0v) is 12.6. The fourth-order valence-corrected chi connectivity index (χ4v) is 2.69. The molecule has 0 unspecified atom stereocenters. The second-order valence-corrected chi connectivity index (χ2v) is 5.99. The molecule has 3 N–H and O–H groups in total. The van der Waals surface area contributed by atoms with Crippen LogP contribution < -0.4 is 11.1 Å². The number of nitrogens with zero attached hydrogens (tertiary/aromatic N) is 1. The van der Waals surface area contributed by atoms with Crippen molar-refractivity contribution in [2.75, 3.05) is 12.3 Å². The van der Waals surface area contributed by atoms with E-state index in [-0.39, 0.29) is 33.3 Å². The Labute approximate surface area is 127 Å². The molecule has 1 saturated carbocycles. The first-order chi connectivity index (χ1) is 9.88. The minimum Gasteiger partial charge on any atom is -0.392 e. The molecule has 0 aromatic heterocycles. The van der Waals surface area contributed by atoms with E-state index in [1.807, 2.05) is 0 Å². The molecule has 0 bridgehead atoms. The first kappa shape index (κ1) is 15.6. The van der Waals surface area contributed by atoms with Gasteiger partial charge >= 0.3 is 0 Å². The van der Waals surface area contributed by atoms with Crippen LogP contribution in [0, 0.1) is 15.5 Å². The maximum atomic E-state index is 12.1. The van der Waals surface area contributed by atoms with Crippen LogP contribution in [0.25, 0.3) is 0 Å². The highest BCUT2D eigenvalue weighted by molar-refractivity contribution is 6.34. The van der Waals surface area contributed by atoms with Crippen LogP contribution in [0.4, 0.5) is 11.4 Å². The third kappa shape index (κ3) is 3.44. The molecular weight excluding hydrogens is 294 g/mol. The van der Waals surface area contributed by atoms with Crippen molar-refractivity contribution in [1.82, 2.24) is 5.32 Å². The molecule has 0 heterocycles. The number of nitrogen functional groups attached to an aromatic ring is 1. The lowest BCUT2D eigenvalue weighted by Crippen LogP contribution is -2.30. The zero-order valence-electron chi connectivity index (χ0n) is 11.8. The van der Waals surface area contributed by atoms with E-state index < -0.39 is 4.92 Å². The summed E-state index contributed by atoms with van der Waals surface area (Å²) in [5.74, 6) is -0.359. The number of hydrogen-bond acceptors (Lipinski definition) is 4. The van der Waals surface area contributed by atoms with E-state index in [2.05, 4.69) is 12.2 Å². The van der Waals surface area contributed by atoms with Gasteiger partial charge in [0.1, 0.15) is 5.69 Å². The van der Waals surface area contributed by atoms with Crippen LogP contribution >= 0.6 is 11.6 Å². The molecule has 0 saturated heterocycles. The molecule has 1 amide bonds. The third-order valence-electron chi connectivity index (χ3n) is 3.93. The van der Waals surface area contributed by atoms with Crippen LogP contribution in [-0.4, -0.2) is 17.4 Å². The smallest absolute Gasteiger partial charge is 0.294 e. The highest BCUT2D eigenvalue weighted by Gasteiger charge is 2.41. The normalized spacial score (nSPS) is 15.5. The number of nitro benzene ring substituents is 1. The maximum Gasteiger partial charge on any atom is 0.294 e. The van der Waals surface area contributed by atoms with E-state index in [0.717, 1.165) is 31.7 Å². The molecule has 0 aliphatic heterocycles. The predicted octanol–water partition coefficient (Wildman–Crippen LogP) is 3.14. The van der Waals surface area contributed by atoms with E-state index >= 15 is 0 Å². The molecule has 1 aromatic carbocycles. The van der Waals surface area contributed by atoms with Crippen molar-refractivity contribution in [3.05, 3.63) is 32.8 Å².